The molecular formula is C20H33N3O. The van der Waals surface area contributed by atoms with Crippen LogP contribution in [-0.4, -0.2) is 46.9 Å². The number of nitrogens with zero attached hydrogens (tertiary/aromatic N) is 2. The van der Waals surface area contributed by atoms with Gasteiger partial charge in [0.25, 0.3) is 0 Å². The van der Waals surface area contributed by atoms with Crippen molar-refractivity contribution >= 4 is 5.91 Å². The molecule has 1 unspecified atom stereocenters. The van der Waals surface area contributed by atoms with Crippen LogP contribution in [0.5, 0.6) is 0 Å². The zero-order chi connectivity index (χ0) is 17.7. The zero-order valence-electron chi connectivity index (χ0n) is 15.6. The van der Waals surface area contributed by atoms with Gasteiger partial charge in [0.2, 0.25) is 5.91 Å². The van der Waals surface area contributed by atoms with Crippen LogP contribution in [0.3, 0.4) is 0 Å². The number of piperidine rings is 1. The van der Waals surface area contributed by atoms with Gasteiger partial charge in [-0.3, -0.25) is 9.69 Å². The molecule has 2 N–H and O–H groups in total. The highest BCUT2D eigenvalue weighted by atomic mass is 16.2. The third-order valence-electron chi connectivity index (χ3n) is 4.94. The molecule has 2 rings (SSSR count). The lowest BCUT2D eigenvalue weighted by Gasteiger charge is -2.42. The van der Waals surface area contributed by atoms with E-state index >= 15 is 0 Å². The first-order chi connectivity index (χ1) is 11.4. The van der Waals surface area contributed by atoms with Crippen molar-refractivity contribution < 1.29 is 4.79 Å². The number of likely N-dealkylation sites (tertiary alicyclic amines) is 1. The average molecular weight is 332 g/mol. The molecular weight excluding hydrogens is 298 g/mol. The van der Waals surface area contributed by atoms with Gasteiger partial charge in [-0.05, 0) is 44.7 Å². The molecule has 4 nitrogen and oxygen atoms in total. The van der Waals surface area contributed by atoms with Crippen LogP contribution in [0.25, 0.3) is 0 Å². The van der Waals surface area contributed by atoms with Crippen LogP contribution in [0.2, 0.25) is 0 Å². The minimum Gasteiger partial charge on any atom is -0.335 e. The third-order valence-corrected chi connectivity index (χ3v) is 4.94. The van der Waals surface area contributed by atoms with Crippen molar-refractivity contribution in [1.82, 2.24) is 9.80 Å². The Morgan fingerprint density at radius 3 is 2.50 bits per heavy atom. The van der Waals surface area contributed by atoms with Gasteiger partial charge >= 0.3 is 0 Å². The summed E-state index contributed by atoms with van der Waals surface area (Å²) < 4.78 is 0. The summed E-state index contributed by atoms with van der Waals surface area (Å²) >= 11 is 0. The lowest BCUT2D eigenvalue weighted by molar-refractivity contribution is -0.139. The van der Waals surface area contributed by atoms with Gasteiger partial charge < -0.3 is 10.6 Å². The first-order valence-corrected chi connectivity index (χ1v) is 9.24. The molecule has 0 spiro atoms. The van der Waals surface area contributed by atoms with Crippen LogP contribution in [0.1, 0.15) is 46.1 Å². The second kappa shape index (κ2) is 8.63. The summed E-state index contributed by atoms with van der Waals surface area (Å²) in [5.41, 5.74) is 7.49. The molecule has 2 atom stereocenters. The Morgan fingerprint density at radius 1 is 1.25 bits per heavy atom. The highest BCUT2D eigenvalue weighted by Crippen LogP contribution is 2.21. The van der Waals surface area contributed by atoms with Crippen molar-refractivity contribution in [3.05, 3.63) is 35.9 Å². The van der Waals surface area contributed by atoms with Crippen LogP contribution < -0.4 is 5.73 Å². The number of hydrogen-bond acceptors (Lipinski definition) is 3. The van der Waals surface area contributed by atoms with Crippen LogP contribution in [0, 0.1) is 5.92 Å². The number of nitrogens with two attached hydrogens (primary N) is 1. The van der Waals surface area contributed by atoms with E-state index in [9.17, 15) is 4.79 Å². The van der Waals surface area contributed by atoms with E-state index < -0.39 is 6.04 Å². The highest BCUT2D eigenvalue weighted by molar-refractivity contribution is 5.82. The van der Waals surface area contributed by atoms with Crippen LogP contribution in [-0.2, 0) is 11.3 Å². The lowest BCUT2D eigenvalue weighted by atomic mass is 9.98. The number of hydrogen-bond donors (Lipinski definition) is 1. The summed E-state index contributed by atoms with van der Waals surface area (Å²) in [7, 11) is 0. The molecule has 0 aromatic heterocycles. The number of amides is 1. The minimum absolute atomic E-state index is 0.103. The van der Waals surface area contributed by atoms with Gasteiger partial charge in [0.15, 0.2) is 0 Å². The predicted octanol–water partition coefficient (Wildman–Crippen LogP) is 2.87. The Morgan fingerprint density at radius 2 is 1.92 bits per heavy atom. The molecule has 0 bridgehead atoms. The van der Waals surface area contributed by atoms with E-state index in [4.69, 9.17) is 5.73 Å². The Balaban J connectivity index is 2.06. The van der Waals surface area contributed by atoms with Crippen molar-refractivity contribution in [2.24, 2.45) is 11.7 Å². The SMILES string of the molecule is CC(C)[C@H](N)C(=O)N(C(C)C)C1CCCN(Cc2ccccc2)C1. The molecule has 1 aliphatic rings. The summed E-state index contributed by atoms with van der Waals surface area (Å²) in [4.78, 5) is 17.4. The minimum atomic E-state index is -0.406. The van der Waals surface area contributed by atoms with Crippen LogP contribution >= 0.6 is 0 Å². The van der Waals surface area contributed by atoms with Gasteiger partial charge in [-0.1, -0.05) is 44.2 Å². The predicted molar refractivity (Wildman–Crippen MR) is 99.5 cm³/mol. The molecule has 0 aliphatic carbocycles. The first kappa shape index (κ1) is 18.9. The highest BCUT2D eigenvalue weighted by Gasteiger charge is 2.33. The zero-order valence-corrected chi connectivity index (χ0v) is 15.6. The van der Waals surface area contributed by atoms with Gasteiger partial charge in [0.1, 0.15) is 0 Å². The van der Waals surface area contributed by atoms with Gasteiger partial charge in [-0.25, -0.2) is 0 Å². The maximum absolute atomic E-state index is 12.9. The molecule has 1 heterocycles. The van der Waals surface area contributed by atoms with Crippen molar-refractivity contribution in [1.29, 1.82) is 0 Å². The van der Waals surface area contributed by atoms with E-state index in [1.807, 2.05) is 18.7 Å². The average Bonchev–Trinajstić information content (AvgIpc) is 2.55. The lowest BCUT2D eigenvalue weighted by Crippen LogP contribution is -2.57. The molecule has 1 aliphatic heterocycles. The van der Waals surface area contributed by atoms with Gasteiger partial charge in [0.05, 0.1) is 6.04 Å². The van der Waals surface area contributed by atoms with E-state index in [1.54, 1.807) is 0 Å². The van der Waals surface area contributed by atoms with Crippen molar-refractivity contribution in [3.8, 4) is 0 Å². The molecule has 1 aromatic rings. The smallest absolute Gasteiger partial charge is 0.240 e. The first-order valence-electron chi connectivity index (χ1n) is 9.24. The number of benzene rings is 1. The van der Waals surface area contributed by atoms with E-state index in [0.29, 0.717) is 0 Å². The maximum atomic E-state index is 12.9. The van der Waals surface area contributed by atoms with Crippen molar-refractivity contribution in [2.75, 3.05) is 13.1 Å². The summed E-state index contributed by atoms with van der Waals surface area (Å²) in [5, 5.41) is 0. The standard InChI is InChI=1S/C20H33N3O/c1-15(2)19(21)20(24)23(16(3)4)18-11-8-12-22(14-18)13-17-9-6-5-7-10-17/h5-7,9-10,15-16,18-19H,8,11-14,21H2,1-4H3/t18?,19-/m0/s1. The summed E-state index contributed by atoms with van der Waals surface area (Å²) in [6.07, 6.45) is 2.20. The summed E-state index contributed by atoms with van der Waals surface area (Å²) in [6.45, 7) is 11.2. The summed E-state index contributed by atoms with van der Waals surface area (Å²) in [5.74, 6) is 0.273. The van der Waals surface area contributed by atoms with E-state index in [0.717, 1.165) is 32.5 Å². The van der Waals surface area contributed by atoms with Crippen LogP contribution in [0.15, 0.2) is 30.3 Å². The Labute approximate surface area is 147 Å². The number of carbonyl (C=O) groups excluding carboxylic acids is 1. The second-order valence-electron chi connectivity index (χ2n) is 7.63. The van der Waals surface area contributed by atoms with Gasteiger partial charge in [-0.2, -0.15) is 0 Å². The van der Waals surface area contributed by atoms with E-state index in [1.165, 1.54) is 5.56 Å². The molecule has 1 saturated heterocycles. The molecule has 1 aromatic carbocycles. The fourth-order valence-electron chi connectivity index (χ4n) is 3.56. The fourth-order valence-corrected chi connectivity index (χ4v) is 3.56. The Kier molecular flexibility index (Phi) is 6.81. The topological polar surface area (TPSA) is 49.6 Å². The van der Waals surface area contributed by atoms with Crippen molar-refractivity contribution in [2.45, 2.75) is 65.2 Å². The maximum Gasteiger partial charge on any atom is 0.240 e. The molecule has 4 heteroatoms. The van der Waals surface area contributed by atoms with E-state index in [2.05, 4.69) is 49.1 Å². The largest absolute Gasteiger partial charge is 0.335 e. The van der Waals surface area contributed by atoms with Gasteiger partial charge in [-0.15, -0.1) is 0 Å². The Bertz CT molecular complexity index is 515. The quantitative estimate of drug-likeness (QED) is 0.872. The normalized spacial score (nSPS) is 20.4. The molecule has 134 valence electrons. The number of rotatable bonds is 6. The molecule has 1 fully saturated rings. The number of carbonyl (C=O) groups is 1. The molecule has 0 radical (unpaired) electrons. The third kappa shape index (κ3) is 4.81. The molecule has 24 heavy (non-hydrogen) atoms. The molecule has 1 amide bonds. The Hall–Kier alpha value is -1.39. The molecule has 0 saturated carbocycles. The van der Waals surface area contributed by atoms with Gasteiger partial charge in [0, 0.05) is 25.2 Å². The van der Waals surface area contributed by atoms with Crippen LogP contribution in [0.4, 0.5) is 0 Å². The van der Waals surface area contributed by atoms with E-state index in [-0.39, 0.29) is 23.9 Å². The summed E-state index contributed by atoms with van der Waals surface area (Å²) in [6, 6.07) is 10.6. The fraction of sp³-hybridized carbons (Fsp3) is 0.650. The van der Waals surface area contributed by atoms with Crippen molar-refractivity contribution in [3.63, 3.8) is 0 Å². The second-order valence-corrected chi connectivity index (χ2v) is 7.63. The monoisotopic (exact) mass is 331 g/mol.